The third kappa shape index (κ3) is 4.14. The lowest BCUT2D eigenvalue weighted by Gasteiger charge is -2.25. The number of benzene rings is 2. The van der Waals surface area contributed by atoms with Crippen LogP contribution in [0.25, 0.3) is 10.8 Å². The van der Waals surface area contributed by atoms with Gasteiger partial charge in [-0.05, 0) is 16.3 Å². The van der Waals surface area contributed by atoms with Crippen LogP contribution < -0.4 is 5.32 Å². The number of esters is 1. The van der Waals surface area contributed by atoms with Crippen molar-refractivity contribution >= 4 is 28.6 Å². The summed E-state index contributed by atoms with van der Waals surface area (Å²) in [6, 6.07) is 11.9. The molecule has 0 unspecified atom stereocenters. The van der Waals surface area contributed by atoms with E-state index in [-0.39, 0.29) is 25.3 Å². The number of fused-ring (bicyclic) bond motifs is 1. The molecule has 28 heavy (non-hydrogen) atoms. The van der Waals surface area contributed by atoms with Crippen molar-refractivity contribution in [3.05, 3.63) is 48.0 Å². The fourth-order valence-corrected chi connectivity index (χ4v) is 3.70. The molecule has 1 aliphatic rings. The number of aliphatic hydroxyl groups excluding tert-OH is 1. The number of hydrogen-bond acceptors (Lipinski definition) is 5. The lowest BCUT2D eigenvalue weighted by molar-refractivity contribution is -0.146. The van der Waals surface area contributed by atoms with E-state index in [4.69, 9.17) is 4.74 Å². The quantitative estimate of drug-likeness (QED) is 0.751. The Morgan fingerprint density at radius 1 is 1.21 bits per heavy atom. The number of hydrogen-bond donors (Lipinski definition) is 2. The molecule has 7 nitrogen and oxygen atoms in total. The SMILES string of the molecule is COC(=O)[C@@H](Cc1cccc2ccccc12)NC(=O)[C@@H]1C[C@@H](O)CN1C(C)=O. The minimum Gasteiger partial charge on any atom is -0.467 e. The summed E-state index contributed by atoms with van der Waals surface area (Å²) in [7, 11) is 1.27. The average Bonchev–Trinajstić information content (AvgIpc) is 3.09. The zero-order valence-electron chi connectivity index (χ0n) is 15.9. The maximum atomic E-state index is 12.8. The van der Waals surface area contributed by atoms with Gasteiger partial charge >= 0.3 is 5.97 Å². The van der Waals surface area contributed by atoms with Gasteiger partial charge in [-0.3, -0.25) is 9.59 Å². The molecule has 3 atom stereocenters. The summed E-state index contributed by atoms with van der Waals surface area (Å²) >= 11 is 0. The minimum atomic E-state index is -0.894. The molecule has 7 heteroatoms. The van der Waals surface area contributed by atoms with Crippen LogP contribution in [0.15, 0.2) is 42.5 Å². The number of carbonyl (C=O) groups excluding carboxylic acids is 3. The predicted molar refractivity (Wildman–Crippen MR) is 103 cm³/mol. The summed E-state index contributed by atoms with van der Waals surface area (Å²) in [6.07, 6.45) is -0.350. The van der Waals surface area contributed by atoms with Crippen LogP contribution in [0.2, 0.25) is 0 Å². The van der Waals surface area contributed by atoms with Crippen molar-refractivity contribution in [2.24, 2.45) is 0 Å². The summed E-state index contributed by atoms with van der Waals surface area (Å²) < 4.78 is 4.87. The number of carbonyl (C=O) groups is 3. The second-order valence-corrected chi connectivity index (χ2v) is 7.00. The number of aliphatic hydroxyl groups is 1. The summed E-state index contributed by atoms with van der Waals surface area (Å²) in [6.45, 7) is 1.46. The Labute approximate surface area is 163 Å². The van der Waals surface area contributed by atoms with Gasteiger partial charge in [0.1, 0.15) is 12.1 Å². The first kappa shape index (κ1) is 19.8. The molecule has 1 heterocycles. The highest BCUT2D eigenvalue weighted by atomic mass is 16.5. The van der Waals surface area contributed by atoms with E-state index in [0.29, 0.717) is 0 Å². The van der Waals surface area contributed by atoms with E-state index in [1.165, 1.54) is 18.9 Å². The van der Waals surface area contributed by atoms with Gasteiger partial charge in [0.2, 0.25) is 11.8 Å². The maximum Gasteiger partial charge on any atom is 0.328 e. The number of nitrogens with one attached hydrogen (secondary N) is 1. The molecule has 1 fully saturated rings. The smallest absolute Gasteiger partial charge is 0.328 e. The van der Waals surface area contributed by atoms with Gasteiger partial charge in [0, 0.05) is 26.3 Å². The molecule has 0 radical (unpaired) electrons. The van der Waals surface area contributed by atoms with Crippen molar-refractivity contribution in [1.29, 1.82) is 0 Å². The average molecular weight is 384 g/mol. The fourth-order valence-electron chi connectivity index (χ4n) is 3.70. The fraction of sp³-hybridized carbons (Fsp3) is 0.381. The molecule has 0 aromatic heterocycles. The molecule has 3 rings (SSSR count). The van der Waals surface area contributed by atoms with Crippen molar-refractivity contribution in [1.82, 2.24) is 10.2 Å². The zero-order valence-corrected chi connectivity index (χ0v) is 15.9. The van der Waals surface area contributed by atoms with Crippen LogP contribution in [-0.2, 0) is 25.5 Å². The highest BCUT2D eigenvalue weighted by molar-refractivity contribution is 5.92. The first-order valence-corrected chi connectivity index (χ1v) is 9.20. The van der Waals surface area contributed by atoms with Crippen LogP contribution in [0.1, 0.15) is 18.9 Å². The van der Waals surface area contributed by atoms with Gasteiger partial charge in [-0.1, -0.05) is 42.5 Å². The minimum absolute atomic E-state index is 0.111. The third-order valence-corrected chi connectivity index (χ3v) is 5.09. The molecular formula is C21H24N2O5. The van der Waals surface area contributed by atoms with E-state index in [0.717, 1.165) is 16.3 Å². The normalized spacial score (nSPS) is 20.0. The summed E-state index contributed by atoms with van der Waals surface area (Å²) in [5, 5.41) is 14.6. The van der Waals surface area contributed by atoms with E-state index in [9.17, 15) is 19.5 Å². The standard InChI is InChI=1S/C21H24N2O5/c1-13(24)23-12-16(25)11-19(23)20(26)22-18(21(27)28-2)10-15-8-5-7-14-6-3-4-9-17(14)15/h3-9,16,18-19,25H,10-12H2,1-2H3,(H,22,26)/t16-,18-,19+/m1/s1. The molecule has 0 bridgehead atoms. The number of nitrogens with zero attached hydrogens (tertiary/aromatic N) is 1. The Hall–Kier alpha value is -2.93. The highest BCUT2D eigenvalue weighted by Crippen LogP contribution is 2.21. The van der Waals surface area contributed by atoms with Crippen molar-refractivity contribution in [2.75, 3.05) is 13.7 Å². The number of ether oxygens (including phenoxy) is 1. The van der Waals surface area contributed by atoms with Gasteiger partial charge in [0.15, 0.2) is 0 Å². The Balaban J connectivity index is 1.82. The monoisotopic (exact) mass is 384 g/mol. The third-order valence-electron chi connectivity index (χ3n) is 5.09. The predicted octanol–water partition coefficient (Wildman–Crippen LogP) is 1.02. The lowest BCUT2D eigenvalue weighted by atomic mass is 9.98. The zero-order chi connectivity index (χ0) is 20.3. The molecule has 2 N–H and O–H groups in total. The molecule has 0 spiro atoms. The Morgan fingerprint density at radius 3 is 2.64 bits per heavy atom. The van der Waals surface area contributed by atoms with Crippen molar-refractivity contribution in [3.8, 4) is 0 Å². The lowest BCUT2D eigenvalue weighted by Crippen LogP contribution is -2.51. The van der Waals surface area contributed by atoms with Crippen LogP contribution in [0.4, 0.5) is 0 Å². The van der Waals surface area contributed by atoms with Crippen molar-refractivity contribution in [3.63, 3.8) is 0 Å². The van der Waals surface area contributed by atoms with Gasteiger partial charge in [-0.15, -0.1) is 0 Å². The first-order valence-electron chi connectivity index (χ1n) is 9.20. The van der Waals surface area contributed by atoms with E-state index < -0.39 is 30.1 Å². The van der Waals surface area contributed by atoms with Gasteiger partial charge < -0.3 is 20.1 Å². The summed E-state index contributed by atoms with van der Waals surface area (Å²) in [5.41, 5.74) is 0.906. The Bertz CT molecular complexity index is 892. The van der Waals surface area contributed by atoms with Crippen molar-refractivity contribution < 1.29 is 24.2 Å². The van der Waals surface area contributed by atoms with E-state index in [1.54, 1.807) is 0 Å². The van der Waals surface area contributed by atoms with E-state index in [1.807, 2.05) is 42.5 Å². The molecule has 2 aromatic rings. The van der Waals surface area contributed by atoms with Crippen LogP contribution in [-0.4, -0.2) is 59.6 Å². The molecule has 1 aliphatic heterocycles. The van der Waals surface area contributed by atoms with Crippen LogP contribution in [0.5, 0.6) is 0 Å². The summed E-state index contributed by atoms with van der Waals surface area (Å²) in [5.74, 6) is -1.32. The molecule has 2 amide bonds. The molecule has 1 saturated heterocycles. The first-order chi connectivity index (χ1) is 13.4. The molecular weight excluding hydrogens is 360 g/mol. The van der Waals surface area contributed by atoms with Gasteiger partial charge in [0.05, 0.1) is 13.2 Å². The van der Waals surface area contributed by atoms with Crippen molar-refractivity contribution in [2.45, 2.75) is 38.0 Å². The number of methoxy groups -OCH3 is 1. The largest absolute Gasteiger partial charge is 0.467 e. The Kier molecular flexibility index (Phi) is 5.94. The van der Waals surface area contributed by atoms with Crippen LogP contribution in [0, 0.1) is 0 Å². The molecule has 0 saturated carbocycles. The molecule has 148 valence electrons. The number of amides is 2. The maximum absolute atomic E-state index is 12.8. The molecule has 0 aliphatic carbocycles. The van der Waals surface area contributed by atoms with Gasteiger partial charge in [0.25, 0.3) is 0 Å². The van der Waals surface area contributed by atoms with E-state index in [2.05, 4.69) is 5.32 Å². The second kappa shape index (κ2) is 8.39. The van der Waals surface area contributed by atoms with Crippen LogP contribution in [0.3, 0.4) is 0 Å². The topological polar surface area (TPSA) is 95.9 Å². The molecule has 2 aromatic carbocycles. The second-order valence-electron chi connectivity index (χ2n) is 7.00. The van der Waals surface area contributed by atoms with Crippen LogP contribution >= 0.6 is 0 Å². The highest BCUT2D eigenvalue weighted by Gasteiger charge is 2.39. The summed E-state index contributed by atoms with van der Waals surface area (Å²) in [4.78, 5) is 38.2. The van der Waals surface area contributed by atoms with Gasteiger partial charge in [-0.2, -0.15) is 0 Å². The number of β-amino-alcohol motifs (C(OH)–C–C–N with tert-alkyl or cyclic N) is 1. The Morgan fingerprint density at radius 2 is 1.93 bits per heavy atom. The van der Waals surface area contributed by atoms with Gasteiger partial charge in [-0.25, -0.2) is 4.79 Å². The van der Waals surface area contributed by atoms with E-state index >= 15 is 0 Å². The number of rotatable bonds is 5. The number of likely N-dealkylation sites (tertiary alicyclic amines) is 1.